The van der Waals surface area contributed by atoms with Gasteiger partial charge in [-0.1, -0.05) is 23.7 Å². The number of aliphatic hydroxyl groups is 1. The van der Waals surface area contributed by atoms with Crippen LogP contribution in [-0.4, -0.2) is 17.6 Å². The van der Waals surface area contributed by atoms with E-state index in [1.54, 1.807) is 24.3 Å². The zero-order valence-electron chi connectivity index (χ0n) is 11.8. The predicted octanol–water partition coefficient (Wildman–Crippen LogP) is 3.15. The highest BCUT2D eigenvalue weighted by Gasteiger charge is 2.19. The molecule has 3 nitrogen and oxygen atoms in total. The summed E-state index contributed by atoms with van der Waals surface area (Å²) in [7, 11) is 0. The summed E-state index contributed by atoms with van der Waals surface area (Å²) < 4.78 is 39.4. The van der Waals surface area contributed by atoms with Gasteiger partial charge in [0.05, 0.1) is 19.1 Å². The number of aliphatic hydroxyl groups excluding tert-OH is 1. The van der Waals surface area contributed by atoms with Gasteiger partial charge >= 0.3 is 0 Å². The van der Waals surface area contributed by atoms with Crippen LogP contribution in [0, 0.1) is 17.5 Å². The number of rotatable bonds is 5. The summed E-state index contributed by atoms with van der Waals surface area (Å²) in [4.78, 5) is 12.0. The molecular weight excluding hydrogens is 331 g/mol. The maximum Gasteiger partial charge on any atom is 0.224 e. The lowest BCUT2D eigenvalue weighted by molar-refractivity contribution is -0.121. The summed E-state index contributed by atoms with van der Waals surface area (Å²) in [6.45, 7) is -0.591. The lowest BCUT2D eigenvalue weighted by Crippen LogP contribution is -2.32. The maximum atomic E-state index is 13.2. The highest BCUT2D eigenvalue weighted by atomic mass is 35.5. The van der Waals surface area contributed by atoms with Crippen LogP contribution in [0.5, 0.6) is 0 Å². The van der Waals surface area contributed by atoms with Crippen molar-refractivity contribution in [3.8, 4) is 0 Å². The molecular formula is C16H13ClF3NO2. The van der Waals surface area contributed by atoms with Crippen LogP contribution in [0.3, 0.4) is 0 Å². The van der Waals surface area contributed by atoms with E-state index in [0.29, 0.717) is 10.6 Å². The molecule has 0 aliphatic rings. The number of carbonyl (C=O) groups is 1. The first-order valence-electron chi connectivity index (χ1n) is 6.70. The lowest BCUT2D eigenvalue weighted by atomic mass is 10.1. The monoisotopic (exact) mass is 343 g/mol. The normalized spacial score (nSPS) is 12.0. The smallest absolute Gasteiger partial charge is 0.224 e. The molecule has 0 bridgehead atoms. The van der Waals surface area contributed by atoms with Gasteiger partial charge in [0.15, 0.2) is 17.5 Å². The minimum absolute atomic E-state index is 0.0246. The Hall–Kier alpha value is -2.05. The first-order chi connectivity index (χ1) is 10.9. The Morgan fingerprint density at radius 3 is 2.39 bits per heavy atom. The van der Waals surface area contributed by atoms with Gasteiger partial charge in [-0.15, -0.1) is 0 Å². The number of hydrogen-bond acceptors (Lipinski definition) is 2. The van der Waals surface area contributed by atoms with Gasteiger partial charge in [-0.05, 0) is 35.4 Å². The molecule has 1 amide bonds. The molecule has 0 spiro atoms. The fourth-order valence-electron chi connectivity index (χ4n) is 2.09. The Labute approximate surface area is 135 Å². The molecule has 0 aliphatic heterocycles. The molecule has 2 aromatic rings. The van der Waals surface area contributed by atoms with E-state index in [0.717, 1.165) is 12.1 Å². The highest BCUT2D eigenvalue weighted by molar-refractivity contribution is 6.30. The maximum absolute atomic E-state index is 13.2. The third kappa shape index (κ3) is 4.46. The third-order valence-electron chi connectivity index (χ3n) is 3.18. The van der Waals surface area contributed by atoms with Crippen molar-refractivity contribution < 1.29 is 23.1 Å². The largest absolute Gasteiger partial charge is 0.394 e. The molecule has 0 fully saturated rings. The zero-order valence-corrected chi connectivity index (χ0v) is 12.6. The minimum atomic E-state index is -1.60. The first kappa shape index (κ1) is 17.3. The number of halogens is 4. The quantitative estimate of drug-likeness (QED) is 0.819. The van der Waals surface area contributed by atoms with Gasteiger partial charge in [0.2, 0.25) is 5.91 Å². The predicted molar refractivity (Wildman–Crippen MR) is 79.4 cm³/mol. The molecule has 1 atom stereocenters. The summed E-state index contributed by atoms with van der Waals surface area (Å²) in [5.74, 6) is -4.85. The van der Waals surface area contributed by atoms with Crippen molar-refractivity contribution in [2.75, 3.05) is 6.61 Å². The van der Waals surface area contributed by atoms with E-state index in [1.165, 1.54) is 0 Å². The van der Waals surface area contributed by atoms with Crippen molar-refractivity contribution in [2.24, 2.45) is 0 Å². The van der Waals surface area contributed by atoms with Gasteiger partial charge < -0.3 is 10.4 Å². The van der Waals surface area contributed by atoms with Gasteiger partial charge in [0.1, 0.15) is 0 Å². The van der Waals surface area contributed by atoms with Crippen molar-refractivity contribution in [2.45, 2.75) is 12.5 Å². The van der Waals surface area contributed by atoms with Crippen LogP contribution in [0.15, 0.2) is 36.4 Å². The van der Waals surface area contributed by atoms with E-state index >= 15 is 0 Å². The Kier molecular flexibility index (Phi) is 5.63. The molecule has 23 heavy (non-hydrogen) atoms. The first-order valence-corrected chi connectivity index (χ1v) is 7.07. The molecule has 0 saturated carbocycles. The number of amides is 1. The number of nitrogens with one attached hydrogen (secondary N) is 1. The van der Waals surface area contributed by atoms with E-state index in [4.69, 9.17) is 11.6 Å². The van der Waals surface area contributed by atoms with E-state index in [9.17, 15) is 23.1 Å². The van der Waals surface area contributed by atoms with Crippen molar-refractivity contribution >= 4 is 17.5 Å². The summed E-state index contributed by atoms with van der Waals surface area (Å²) >= 11 is 5.82. The molecule has 0 aliphatic carbocycles. The second kappa shape index (κ2) is 7.48. The Bertz CT molecular complexity index is 701. The molecule has 2 N–H and O–H groups in total. The molecule has 0 heterocycles. The molecule has 2 aromatic carbocycles. The standard InChI is InChI=1S/C16H13ClF3NO2/c17-11-3-1-2-9(4-11)5-15(23)21-14(8-22)10-6-12(18)16(20)13(19)7-10/h1-4,6-7,14,22H,5,8H2,(H,21,23). The van der Waals surface area contributed by atoms with Crippen LogP contribution in [-0.2, 0) is 11.2 Å². The van der Waals surface area contributed by atoms with Crippen LogP contribution < -0.4 is 5.32 Å². The van der Waals surface area contributed by atoms with Gasteiger partial charge in [-0.25, -0.2) is 13.2 Å². The van der Waals surface area contributed by atoms with Crippen LogP contribution in [0.2, 0.25) is 5.02 Å². The van der Waals surface area contributed by atoms with Crippen LogP contribution in [0.1, 0.15) is 17.2 Å². The SMILES string of the molecule is O=C(Cc1cccc(Cl)c1)NC(CO)c1cc(F)c(F)c(F)c1. The van der Waals surface area contributed by atoms with Crippen molar-refractivity contribution in [1.82, 2.24) is 5.32 Å². The van der Waals surface area contributed by atoms with E-state index in [2.05, 4.69) is 5.32 Å². The van der Waals surface area contributed by atoms with E-state index in [1.807, 2.05) is 0 Å². The molecule has 7 heteroatoms. The summed E-state index contributed by atoms with van der Waals surface area (Å²) in [6, 6.07) is 7.05. The van der Waals surface area contributed by atoms with E-state index in [-0.39, 0.29) is 12.0 Å². The second-order valence-electron chi connectivity index (χ2n) is 4.91. The average molecular weight is 344 g/mol. The Morgan fingerprint density at radius 1 is 1.17 bits per heavy atom. The summed E-state index contributed by atoms with van der Waals surface area (Å²) in [6.07, 6.45) is -0.0246. The van der Waals surface area contributed by atoms with Crippen LogP contribution >= 0.6 is 11.6 Å². The van der Waals surface area contributed by atoms with Gasteiger partial charge in [0.25, 0.3) is 0 Å². The second-order valence-corrected chi connectivity index (χ2v) is 5.34. The van der Waals surface area contributed by atoms with E-state index < -0.39 is 36.0 Å². The van der Waals surface area contributed by atoms with Crippen molar-refractivity contribution in [3.63, 3.8) is 0 Å². The Balaban J connectivity index is 2.11. The van der Waals surface area contributed by atoms with Gasteiger partial charge in [-0.2, -0.15) is 0 Å². The molecule has 0 aromatic heterocycles. The zero-order chi connectivity index (χ0) is 17.0. The average Bonchev–Trinajstić information content (AvgIpc) is 2.49. The molecule has 1 unspecified atom stereocenters. The molecule has 0 saturated heterocycles. The number of carbonyl (C=O) groups excluding carboxylic acids is 1. The van der Waals surface area contributed by atoms with Crippen LogP contribution in [0.4, 0.5) is 13.2 Å². The van der Waals surface area contributed by atoms with Gasteiger partial charge in [0, 0.05) is 5.02 Å². The minimum Gasteiger partial charge on any atom is -0.394 e. The molecule has 0 radical (unpaired) electrons. The third-order valence-corrected chi connectivity index (χ3v) is 3.42. The fraction of sp³-hybridized carbons (Fsp3) is 0.188. The summed E-state index contributed by atoms with van der Waals surface area (Å²) in [5.41, 5.74) is 0.575. The number of benzene rings is 2. The molecule has 122 valence electrons. The summed E-state index contributed by atoms with van der Waals surface area (Å²) in [5, 5.41) is 12.2. The van der Waals surface area contributed by atoms with Crippen molar-refractivity contribution in [1.29, 1.82) is 0 Å². The fourth-order valence-corrected chi connectivity index (χ4v) is 2.30. The van der Waals surface area contributed by atoms with Crippen LogP contribution in [0.25, 0.3) is 0 Å². The number of hydrogen-bond donors (Lipinski definition) is 2. The Morgan fingerprint density at radius 2 is 1.83 bits per heavy atom. The molecule has 2 rings (SSSR count). The van der Waals surface area contributed by atoms with Crippen molar-refractivity contribution in [3.05, 3.63) is 70.0 Å². The lowest BCUT2D eigenvalue weighted by Gasteiger charge is -2.17. The van der Waals surface area contributed by atoms with Gasteiger partial charge in [-0.3, -0.25) is 4.79 Å². The topological polar surface area (TPSA) is 49.3 Å². The highest BCUT2D eigenvalue weighted by Crippen LogP contribution is 2.19.